The molecule has 5 N–H and O–H groups in total. The molecular formula is C10H17N3O4. The van der Waals surface area contributed by atoms with Crippen LogP contribution in [0.2, 0.25) is 0 Å². The second-order valence-corrected chi connectivity index (χ2v) is 4.12. The van der Waals surface area contributed by atoms with E-state index < -0.39 is 23.9 Å². The summed E-state index contributed by atoms with van der Waals surface area (Å²) in [5.41, 5.74) is 4.93. The Morgan fingerprint density at radius 1 is 1.35 bits per heavy atom. The maximum absolute atomic E-state index is 11.3. The molecule has 7 heteroatoms. The molecule has 1 aliphatic carbocycles. The van der Waals surface area contributed by atoms with Crippen LogP contribution in [0, 0.1) is 5.92 Å². The van der Waals surface area contributed by atoms with Gasteiger partial charge in [-0.3, -0.25) is 4.79 Å². The summed E-state index contributed by atoms with van der Waals surface area (Å²) in [6, 6.07) is -1.33. The highest BCUT2D eigenvalue weighted by atomic mass is 16.4. The average Bonchev–Trinajstić information content (AvgIpc) is 3.04. The Bertz CT molecular complexity index is 315. The Kier molecular flexibility index (Phi) is 4.74. The SMILES string of the molecule is NC(=O)CCCNC(=O)NC(C(=O)O)C1CC1. The molecule has 1 unspecified atom stereocenters. The number of hydrogen-bond donors (Lipinski definition) is 4. The van der Waals surface area contributed by atoms with Crippen LogP contribution in [-0.2, 0) is 9.59 Å². The van der Waals surface area contributed by atoms with Gasteiger partial charge in [0.2, 0.25) is 5.91 Å². The van der Waals surface area contributed by atoms with Crippen LogP contribution < -0.4 is 16.4 Å². The topological polar surface area (TPSA) is 122 Å². The molecule has 0 heterocycles. The van der Waals surface area contributed by atoms with Crippen LogP contribution in [0.15, 0.2) is 0 Å². The molecule has 0 spiro atoms. The van der Waals surface area contributed by atoms with Crippen molar-refractivity contribution in [1.82, 2.24) is 10.6 Å². The lowest BCUT2D eigenvalue weighted by Gasteiger charge is -2.14. The molecule has 1 atom stereocenters. The van der Waals surface area contributed by atoms with Crippen molar-refractivity contribution in [2.24, 2.45) is 11.7 Å². The molecule has 0 bridgehead atoms. The minimum absolute atomic E-state index is 0.0452. The number of hydrogen-bond acceptors (Lipinski definition) is 3. The molecule has 7 nitrogen and oxygen atoms in total. The van der Waals surface area contributed by atoms with E-state index in [-0.39, 0.29) is 12.3 Å². The highest BCUT2D eigenvalue weighted by molar-refractivity contribution is 5.83. The molecule has 1 rings (SSSR count). The highest BCUT2D eigenvalue weighted by Crippen LogP contribution is 2.32. The lowest BCUT2D eigenvalue weighted by atomic mass is 10.2. The first-order valence-corrected chi connectivity index (χ1v) is 5.56. The smallest absolute Gasteiger partial charge is 0.326 e. The number of carbonyl (C=O) groups excluding carboxylic acids is 2. The molecule has 1 aliphatic rings. The van der Waals surface area contributed by atoms with Crippen molar-refractivity contribution in [2.75, 3.05) is 6.54 Å². The van der Waals surface area contributed by atoms with Crippen molar-refractivity contribution < 1.29 is 19.5 Å². The Labute approximate surface area is 98.7 Å². The van der Waals surface area contributed by atoms with E-state index in [0.717, 1.165) is 12.8 Å². The first kappa shape index (κ1) is 13.3. The number of carboxylic acids is 1. The molecule has 0 radical (unpaired) electrons. The fourth-order valence-electron chi connectivity index (χ4n) is 1.47. The van der Waals surface area contributed by atoms with Crippen LogP contribution in [-0.4, -0.2) is 35.6 Å². The van der Waals surface area contributed by atoms with Gasteiger partial charge in [0.25, 0.3) is 0 Å². The fourth-order valence-corrected chi connectivity index (χ4v) is 1.47. The van der Waals surface area contributed by atoms with Crippen molar-refractivity contribution in [2.45, 2.75) is 31.7 Å². The third kappa shape index (κ3) is 5.19. The van der Waals surface area contributed by atoms with Gasteiger partial charge >= 0.3 is 12.0 Å². The van der Waals surface area contributed by atoms with Gasteiger partial charge in [-0.2, -0.15) is 0 Å². The second kappa shape index (κ2) is 6.07. The zero-order valence-corrected chi connectivity index (χ0v) is 9.44. The van der Waals surface area contributed by atoms with E-state index in [1.807, 2.05) is 0 Å². The van der Waals surface area contributed by atoms with E-state index in [9.17, 15) is 14.4 Å². The van der Waals surface area contributed by atoms with E-state index in [2.05, 4.69) is 10.6 Å². The van der Waals surface area contributed by atoms with Crippen molar-refractivity contribution in [3.05, 3.63) is 0 Å². The lowest BCUT2D eigenvalue weighted by Crippen LogP contribution is -2.47. The third-order valence-electron chi connectivity index (χ3n) is 2.53. The van der Waals surface area contributed by atoms with Gasteiger partial charge in [0, 0.05) is 13.0 Å². The zero-order chi connectivity index (χ0) is 12.8. The number of amides is 3. The Morgan fingerprint density at radius 3 is 2.47 bits per heavy atom. The van der Waals surface area contributed by atoms with Gasteiger partial charge in [-0.25, -0.2) is 9.59 Å². The summed E-state index contributed by atoms with van der Waals surface area (Å²) in [6.45, 7) is 0.297. The van der Waals surface area contributed by atoms with E-state index in [4.69, 9.17) is 10.8 Å². The quantitative estimate of drug-likeness (QED) is 0.446. The van der Waals surface area contributed by atoms with E-state index in [1.54, 1.807) is 0 Å². The Morgan fingerprint density at radius 2 is 2.00 bits per heavy atom. The summed E-state index contributed by atoms with van der Waals surface area (Å²) < 4.78 is 0. The van der Waals surface area contributed by atoms with Gasteiger partial charge in [-0.15, -0.1) is 0 Å². The van der Waals surface area contributed by atoms with E-state index in [1.165, 1.54) is 0 Å². The van der Waals surface area contributed by atoms with Crippen LogP contribution in [0.1, 0.15) is 25.7 Å². The number of nitrogens with two attached hydrogens (primary N) is 1. The van der Waals surface area contributed by atoms with Gasteiger partial charge < -0.3 is 21.5 Å². The third-order valence-corrected chi connectivity index (χ3v) is 2.53. The fraction of sp³-hybridized carbons (Fsp3) is 0.700. The molecule has 17 heavy (non-hydrogen) atoms. The molecular weight excluding hydrogens is 226 g/mol. The Balaban J connectivity index is 2.18. The zero-order valence-electron chi connectivity index (χ0n) is 9.44. The summed E-state index contributed by atoms with van der Waals surface area (Å²) in [5, 5.41) is 13.8. The Hall–Kier alpha value is -1.79. The van der Waals surface area contributed by atoms with Crippen LogP contribution >= 0.6 is 0 Å². The highest BCUT2D eigenvalue weighted by Gasteiger charge is 2.37. The van der Waals surface area contributed by atoms with Gasteiger partial charge in [0.1, 0.15) is 6.04 Å². The van der Waals surface area contributed by atoms with Crippen LogP contribution in [0.25, 0.3) is 0 Å². The number of aliphatic carboxylic acids is 1. The number of primary amides is 1. The van der Waals surface area contributed by atoms with Crippen LogP contribution in [0.4, 0.5) is 4.79 Å². The van der Waals surface area contributed by atoms with Crippen molar-refractivity contribution in [1.29, 1.82) is 0 Å². The molecule has 1 saturated carbocycles. The van der Waals surface area contributed by atoms with Gasteiger partial charge in [0.15, 0.2) is 0 Å². The second-order valence-electron chi connectivity index (χ2n) is 4.12. The van der Waals surface area contributed by atoms with Crippen molar-refractivity contribution in [3.8, 4) is 0 Å². The van der Waals surface area contributed by atoms with Gasteiger partial charge in [-0.05, 0) is 25.2 Å². The van der Waals surface area contributed by atoms with Crippen LogP contribution in [0.5, 0.6) is 0 Å². The molecule has 0 aliphatic heterocycles. The summed E-state index contributed by atoms with van der Waals surface area (Å²) >= 11 is 0. The number of carboxylic acid groups (broad SMARTS) is 1. The predicted molar refractivity (Wildman–Crippen MR) is 59.1 cm³/mol. The first-order valence-electron chi connectivity index (χ1n) is 5.56. The maximum Gasteiger partial charge on any atom is 0.326 e. The van der Waals surface area contributed by atoms with Gasteiger partial charge in [-0.1, -0.05) is 0 Å². The average molecular weight is 243 g/mol. The maximum atomic E-state index is 11.3. The number of carbonyl (C=O) groups is 3. The van der Waals surface area contributed by atoms with Crippen molar-refractivity contribution in [3.63, 3.8) is 0 Å². The van der Waals surface area contributed by atoms with Crippen LogP contribution in [0.3, 0.4) is 0 Å². The monoisotopic (exact) mass is 243 g/mol. The molecule has 0 saturated heterocycles. The summed E-state index contributed by atoms with van der Waals surface area (Å²) in [5.74, 6) is -1.39. The molecule has 96 valence electrons. The lowest BCUT2D eigenvalue weighted by molar-refractivity contribution is -0.139. The first-order chi connectivity index (χ1) is 8.00. The van der Waals surface area contributed by atoms with E-state index in [0.29, 0.717) is 13.0 Å². The number of rotatable bonds is 7. The number of urea groups is 1. The molecule has 3 amide bonds. The normalized spacial score (nSPS) is 16.0. The largest absolute Gasteiger partial charge is 0.480 e. The molecule has 0 aromatic rings. The molecule has 0 aromatic heterocycles. The number of nitrogens with one attached hydrogen (secondary N) is 2. The molecule has 1 fully saturated rings. The van der Waals surface area contributed by atoms with Gasteiger partial charge in [0.05, 0.1) is 0 Å². The standard InChI is InChI=1S/C10H17N3O4/c11-7(14)2-1-5-12-10(17)13-8(9(15)16)6-3-4-6/h6,8H,1-5H2,(H2,11,14)(H,15,16)(H2,12,13,17). The molecule has 0 aromatic carbocycles. The summed E-state index contributed by atoms with van der Waals surface area (Å²) in [6.07, 6.45) is 2.31. The minimum atomic E-state index is -1.01. The van der Waals surface area contributed by atoms with Crippen molar-refractivity contribution >= 4 is 17.9 Å². The van der Waals surface area contributed by atoms with E-state index >= 15 is 0 Å². The summed E-state index contributed by atoms with van der Waals surface area (Å²) in [7, 11) is 0. The minimum Gasteiger partial charge on any atom is -0.480 e. The predicted octanol–water partition coefficient (Wildman–Crippen LogP) is -0.586. The summed E-state index contributed by atoms with van der Waals surface area (Å²) in [4.78, 5) is 32.6.